The Balaban J connectivity index is 1.93. The van der Waals surface area contributed by atoms with Gasteiger partial charge in [-0.1, -0.05) is 0 Å². The molecule has 1 aromatic rings. The fraction of sp³-hybridized carbons (Fsp3) is 0.786. The van der Waals surface area contributed by atoms with E-state index in [0.717, 1.165) is 18.9 Å². The number of nitrogens with zero attached hydrogens (tertiary/aromatic N) is 2. The maximum atomic E-state index is 6.15. The highest BCUT2D eigenvalue weighted by Crippen LogP contribution is 2.49. The zero-order valence-corrected chi connectivity index (χ0v) is 13.0. The van der Waals surface area contributed by atoms with E-state index in [0.29, 0.717) is 5.92 Å². The number of nitrogens with two attached hydrogens (primary N) is 1. The summed E-state index contributed by atoms with van der Waals surface area (Å²) in [4.78, 5) is 2.42. The average molecular weight is 281 g/mol. The van der Waals surface area contributed by atoms with E-state index in [1.54, 1.807) is 11.5 Å². The largest absolute Gasteiger partial charge is 0.383 e. The number of rotatable bonds is 2. The molecule has 3 rings (SSSR count). The van der Waals surface area contributed by atoms with Crippen molar-refractivity contribution in [1.29, 1.82) is 0 Å². The third-order valence-electron chi connectivity index (χ3n) is 3.71. The molecule has 1 aliphatic carbocycles. The zero-order chi connectivity index (χ0) is 13.8. The van der Waals surface area contributed by atoms with Crippen molar-refractivity contribution in [2.24, 2.45) is 0 Å². The monoisotopic (exact) mass is 281 g/mol. The van der Waals surface area contributed by atoms with Crippen molar-refractivity contribution in [2.75, 3.05) is 23.7 Å². The van der Waals surface area contributed by atoms with Crippen molar-refractivity contribution in [2.45, 2.75) is 57.7 Å². The number of aromatic nitrogens is 1. The molecule has 0 aromatic carbocycles. The van der Waals surface area contributed by atoms with Crippen molar-refractivity contribution in [3.63, 3.8) is 0 Å². The van der Waals surface area contributed by atoms with Crippen LogP contribution in [0.25, 0.3) is 0 Å². The molecule has 19 heavy (non-hydrogen) atoms. The number of hydrogen-bond acceptors (Lipinski definition) is 5. The summed E-state index contributed by atoms with van der Waals surface area (Å²) in [5.41, 5.74) is 7.08. The van der Waals surface area contributed by atoms with E-state index in [2.05, 4.69) is 37.0 Å². The highest BCUT2D eigenvalue weighted by Gasteiger charge is 2.41. The Hall–Kier alpha value is -0.810. The van der Waals surface area contributed by atoms with E-state index in [-0.39, 0.29) is 11.2 Å². The molecule has 0 radical (unpaired) electrons. The summed E-state index contributed by atoms with van der Waals surface area (Å²) in [5, 5.41) is 1.27. The summed E-state index contributed by atoms with van der Waals surface area (Å²) < 4.78 is 10.5. The molecule has 1 aromatic heterocycles. The van der Waals surface area contributed by atoms with E-state index in [1.807, 2.05) is 0 Å². The molecule has 0 amide bonds. The number of ether oxygens (including phenoxy) is 1. The first-order valence-electron chi connectivity index (χ1n) is 6.98. The molecular weight excluding hydrogens is 258 g/mol. The second kappa shape index (κ2) is 4.09. The number of morpholine rings is 1. The quantitative estimate of drug-likeness (QED) is 0.905. The molecule has 1 saturated heterocycles. The standard InChI is InChI=1S/C14H23N3OS/c1-13(2)7-17(8-14(3,4)18-13)12-10(9-5-6-9)11(15)16-19-12/h9H,5-8H2,1-4H3,(H2,15,16). The fourth-order valence-corrected chi connectivity index (χ4v) is 4.11. The highest BCUT2D eigenvalue weighted by atomic mass is 32.1. The van der Waals surface area contributed by atoms with Crippen LogP contribution in [0.2, 0.25) is 0 Å². The first kappa shape index (κ1) is 13.2. The topological polar surface area (TPSA) is 51.4 Å². The first-order chi connectivity index (χ1) is 8.77. The second-order valence-electron chi connectivity index (χ2n) is 7.04. The lowest BCUT2D eigenvalue weighted by Crippen LogP contribution is -2.57. The third kappa shape index (κ3) is 2.58. The van der Waals surface area contributed by atoms with Gasteiger partial charge in [0, 0.05) is 18.7 Å². The molecule has 2 fully saturated rings. The van der Waals surface area contributed by atoms with Crippen LogP contribution >= 0.6 is 11.5 Å². The van der Waals surface area contributed by atoms with Gasteiger partial charge in [0.1, 0.15) is 10.8 Å². The highest BCUT2D eigenvalue weighted by molar-refractivity contribution is 7.10. The van der Waals surface area contributed by atoms with E-state index >= 15 is 0 Å². The Bertz CT molecular complexity index is 475. The van der Waals surface area contributed by atoms with Gasteiger partial charge < -0.3 is 15.4 Å². The zero-order valence-electron chi connectivity index (χ0n) is 12.2. The molecule has 0 unspecified atom stereocenters. The van der Waals surface area contributed by atoms with Crippen molar-refractivity contribution in [3.8, 4) is 0 Å². The summed E-state index contributed by atoms with van der Waals surface area (Å²) in [5.74, 6) is 1.38. The Kier molecular flexibility index (Phi) is 2.84. The molecule has 1 saturated carbocycles. The summed E-state index contributed by atoms with van der Waals surface area (Å²) >= 11 is 1.55. The number of nitrogen functional groups attached to an aromatic ring is 1. The van der Waals surface area contributed by atoms with Crippen LogP contribution in [0.3, 0.4) is 0 Å². The summed E-state index contributed by atoms with van der Waals surface area (Å²) in [6, 6.07) is 0. The van der Waals surface area contributed by atoms with Gasteiger partial charge in [0.05, 0.1) is 11.2 Å². The van der Waals surface area contributed by atoms with E-state index in [1.165, 1.54) is 23.4 Å². The first-order valence-corrected chi connectivity index (χ1v) is 7.75. The van der Waals surface area contributed by atoms with Crippen molar-refractivity contribution < 1.29 is 4.74 Å². The Morgan fingerprint density at radius 1 is 1.21 bits per heavy atom. The molecule has 1 aliphatic heterocycles. The lowest BCUT2D eigenvalue weighted by Gasteiger charge is -2.47. The number of hydrogen-bond donors (Lipinski definition) is 1. The van der Waals surface area contributed by atoms with E-state index < -0.39 is 0 Å². The fourth-order valence-electron chi connectivity index (χ4n) is 3.22. The van der Waals surface area contributed by atoms with E-state index in [4.69, 9.17) is 10.5 Å². The molecular formula is C14H23N3OS. The third-order valence-corrected chi connectivity index (χ3v) is 4.64. The molecule has 106 valence electrons. The molecule has 0 atom stereocenters. The molecule has 4 nitrogen and oxygen atoms in total. The van der Waals surface area contributed by atoms with Gasteiger partial charge in [-0.2, -0.15) is 4.37 Å². The van der Waals surface area contributed by atoms with Crippen LogP contribution in [0.15, 0.2) is 0 Å². The van der Waals surface area contributed by atoms with Crippen LogP contribution in [-0.2, 0) is 4.74 Å². The van der Waals surface area contributed by atoms with Gasteiger partial charge in [-0.25, -0.2) is 0 Å². The van der Waals surface area contributed by atoms with Gasteiger partial charge in [0.15, 0.2) is 0 Å². The van der Waals surface area contributed by atoms with Crippen LogP contribution in [0.4, 0.5) is 10.8 Å². The van der Waals surface area contributed by atoms with Crippen molar-refractivity contribution in [1.82, 2.24) is 4.37 Å². The van der Waals surface area contributed by atoms with Gasteiger partial charge in [-0.05, 0) is 58.0 Å². The van der Waals surface area contributed by atoms with E-state index in [9.17, 15) is 0 Å². The van der Waals surface area contributed by atoms with Gasteiger partial charge >= 0.3 is 0 Å². The predicted molar refractivity (Wildman–Crippen MR) is 80.0 cm³/mol. The smallest absolute Gasteiger partial charge is 0.142 e. The summed E-state index contributed by atoms with van der Waals surface area (Å²) in [7, 11) is 0. The Morgan fingerprint density at radius 3 is 2.32 bits per heavy atom. The molecule has 5 heteroatoms. The van der Waals surface area contributed by atoms with Crippen LogP contribution in [0, 0.1) is 0 Å². The Labute approximate surface area is 119 Å². The van der Waals surface area contributed by atoms with Gasteiger partial charge in [0.25, 0.3) is 0 Å². The van der Waals surface area contributed by atoms with Crippen LogP contribution in [0.1, 0.15) is 52.0 Å². The molecule has 2 aliphatic rings. The van der Waals surface area contributed by atoms with Crippen molar-refractivity contribution in [3.05, 3.63) is 5.56 Å². The minimum absolute atomic E-state index is 0.138. The summed E-state index contributed by atoms with van der Waals surface area (Å²) in [6.45, 7) is 10.4. The summed E-state index contributed by atoms with van der Waals surface area (Å²) in [6.07, 6.45) is 2.51. The molecule has 2 heterocycles. The van der Waals surface area contributed by atoms with Crippen molar-refractivity contribution >= 4 is 22.4 Å². The SMILES string of the molecule is CC1(C)CN(c2snc(N)c2C2CC2)CC(C)(C)O1. The lowest BCUT2D eigenvalue weighted by atomic mass is 9.98. The van der Waals surface area contributed by atoms with Gasteiger partial charge in [-0.15, -0.1) is 0 Å². The molecule has 0 bridgehead atoms. The minimum Gasteiger partial charge on any atom is -0.383 e. The van der Waals surface area contributed by atoms with Gasteiger partial charge in [-0.3, -0.25) is 0 Å². The van der Waals surface area contributed by atoms with Crippen LogP contribution < -0.4 is 10.6 Å². The van der Waals surface area contributed by atoms with Gasteiger partial charge in [0.2, 0.25) is 0 Å². The molecule has 2 N–H and O–H groups in total. The average Bonchev–Trinajstić information content (AvgIpc) is 2.97. The Morgan fingerprint density at radius 2 is 1.79 bits per heavy atom. The van der Waals surface area contributed by atoms with Crippen LogP contribution in [0.5, 0.6) is 0 Å². The predicted octanol–water partition coefficient (Wildman–Crippen LogP) is 3.00. The lowest BCUT2D eigenvalue weighted by molar-refractivity contribution is -0.132. The minimum atomic E-state index is -0.138. The normalized spacial score (nSPS) is 25.6. The second-order valence-corrected chi connectivity index (χ2v) is 7.79. The molecule has 0 spiro atoms. The number of anilines is 2. The van der Waals surface area contributed by atoms with Crippen LogP contribution in [-0.4, -0.2) is 28.7 Å². The maximum absolute atomic E-state index is 6.15. The maximum Gasteiger partial charge on any atom is 0.142 e.